The van der Waals surface area contributed by atoms with E-state index in [0.717, 1.165) is 59.3 Å². The van der Waals surface area contributed by atoms with Crippen LogP contribution in [0.25, 0.3) is 44.3 Å². The molecule has 7 heteroatoms. The summed E-state index contributed by atoms with van der Waals surface area (Å²) in [7, 11) is 0. The number of pyridine rings is 1. The van der Waals surface area contributed by atoms with Crippen LogP contribution in [0.1, 0.15) is 58.9 Å². The second kappa shape index (κ2) is 8.95. The molecule has 1 saturated heterocycles. The lowest BCUT2D eigenvalue weighted by Crippen LogP contribution is -2.63. The van der Waals surface area contributed by atoms with Crippen LogP contribution in [0.4, 0.5) is 0 Å². The molecule has 3 aromatic carbocycles. The minimum Gasteiger partial charge on any atom is -0.456 e. The maximum atomic E-state index is 6.30. The van der Waals surface area contributed by atoms with Crippen molar-refractivity contribution in [3.63, 3.8) is 0 Å². The first-order valence-corrected chi connectivity index (χ1v) is 17.2. The van der Waals surface area contributed by atoms with E-state index in [1.807, 2.05) is 18.3 Å². The van der Waals surface area contributed by atoms with Crippen molar-refractivity contribution < 1.29 is 4.42 Å². The van der Waals surface area contributed by atoms with Gasteiger partial charge in [0.15, 0.2) is 0 Å². The largest absolute Gasteiger partial charge is 0.456 e. The van der Waals surface area contributed by atoms with Gasteiger partial charge in [-0.1, -0.05) is 78.9 Å². The van der Waals surface area contributed by atoms with Crippen LogP contribution in [-0.4, -0.2) is 33.7 Å². The van der Waals surface area contributed by atoms with Crippen LogP contribution in [0.2, 0.25) is 0 Å². The van der Waals surface area contributed by atoms with E-state index >= 15 is 0 Å². The quantitative estimate of drug-likeness (QED) is 0.181. The second-order valence-corrected chi connectivity index (χ2v) is 13.8. The summed E-state index contributed by atoms with van der Waals surface area (Å²) in [6.07, 6.45) is 11.1. The Morgan fingerprint density at radius 2 is 1.56 bits per heavy atom. The van der Waals surface area contributed by atoms with E-state index in [4.69, 9.17) is 9.40 Å². The van der Waals surface area contributed by atoms with Gasteiger partial charge >= 0.3 is 0 Å². The Morgan fingerprint density at radius 1 is 0.792 bits per heavy atom. The van der Waals surface area contributed by atoms with Gasteiger partial charge in [-0.05, 0) is 63.9 Å². The summed E-state index contributed by atoms with van der Waals surface area (Å²) in [6, 6.07) is 31.1. The normalized spacial score (nSPS) is 23.8. The molecule has 48 heavy (non-hydrogen) atoms. The van der Waals surface area contributed by atoms with Gasteiger partial charge in [-0.25, -0.2) is 0 Å². The standard InChI is InChI=1S/C41H32N6O/c1-5-13-28-23(9-1)24-10-2-6-14-29(24)41(28)30-15-7-3-12-26(30)37-31(41)19-33-38-45-22-34(47(38)40-39(46(33)37)42-17-18-43-40)32-20-36-27(21-44-32)25-11-4-8-16-35(25)48-36/h1-6,8-14,16,19-22,38-40,42-43,45H,7,15,17-18H2. The van der Waals surface area contributed by atoms with Gasteiger partial charge in [0.25, 0.3) is 0 Å². The molecule has 3 atom stereocenters. The monoisotopic (exact) mass is 624 g/mol. The smallest absolute Gasteiger partial charge is 0.142 e. The van der Waals surface area contributed by atoms with Crippen molar-refractivity contribution in [2.24, 2.45) is 0 Å². The zero-order chi connectivity index (χ0) is 31.1. The average Bonchev–Trinajstić information content (AvgIpc) is 3.95. The van der Waals surface area contributed by atoms with E-state index in [9.17, 15) is 0 Å². The number of furan rings is 1. The van der Waals surface area contributed by atoms with Crippen molar-refractivity contribution >= 4 is 33.2 Å². The zero-order valence-corrected chi connectivity index (χ0v) is 26.2. The number of rotatable bonds is 1. The maximum Gasteiger partial charge on any atom is 0.142 e. The summed E-state index contributed by atoms with van der Waals surface area (Å²) < 4.78 is 8.94. The third-order valence-corrected chi connectivity index (χ3v) is 11.8. The number of hydrogen-bond donors (Lipinski definition) is 3. The fourth-order valence-electron chi connectivity index (χ4n) is 10.0. The lowest BCUT2D eigenvalue weighted by molar-refractivity contribution is 0.0608. The van der Waals surface area contributed by atoms with E-state index in [1.54, 1.807) is 5.57 Å². The SMILES string of the molecule is C1=CC2=C(CC1)C1(c3ccccc3-c3ccccc31)c1cc3n(c12)C1NCCNC1N1C(c2cc4oc5ccccc5c4cn2)=CNC31. The van der Waals surface area contributed by atoms with Crippen molar-refractivity contribution in [2.75, 3.05) is 13.1 Å². The van der Waals surface area contributed by atoms with Gasteiger partial charge in [0.2, 0.25) is 0 Å². The van der Waals surface area contributed by atoms with Crippen molar-refractivity contribution in [2.45, 2.75) is 36.8 Å². The van der Waals surface area contributed by atoms with Crippen LogP contribution in [0.5, 0.6) is 0 Å². The van der Waals surface area contributed by atoms with Crippen LogP contribution >= 0.6 is 0 Å². The van der Waals surface area contributed by atoms with E-state index in [2.05, 4.69) is 117 Å². The summed E-state index contributed by atoms with van der Waals surface area (Å²) in [4.78, 5) is 7.53. The van der Waals surface area contributed by atoms with Crippen molar-refractivity contribution in [1.82, 2.24) is 30.4 Å². The van der Waals surface area contributed by atoms with E-state index in [0.29, 0.717) is 0 Å². The first-order valence-electron chi connectivity index (χ1n) is 17.2. The molecule has 3 aromatic heterocycles. The summed E-state index contributed by atoms with van der Waals surface area (Å²) in [5, 5.41) is 13.8. The van der Waals surface area contributed by atoms with Crippen LogP contribution in [-0.2, 0) is 5.41 Å². The Bertz CT molecular complexity index is 2450. The highest BCUT2D eigenvalue weighted by molar-refractivity contribution is 6.05. The molecule has 3 N–H and O–H groups in total. The lowest BCUT2D eigenvalue weighted by atomic mass is 9.68. The molecule has 232 valence electrons. The molecule has 0 bridgehead atoms. The number of aromatic nitrogens is 2. The molecule has 0 amide bonds. The van der Waals surface area contributed by atoms with Crippen LogP contribution in [0, 0.1) is 0 Å². The Balaban J connectivity index is 1.07. The average molecular weight is 625 g/mol. The molecule has 1 fully saturated rings. The molecule has 0 radical (unpaired) electrons. The number of hydrogen-bond acceptors (Lipinski definition) is 6. The summed E-state index contributed by atoms with van der Waals surface area (Å²) in [5.74, 6) is 0. The van der Waals surface area contributed by atoms with Gasteiger partial charge in [0, 0.05) is 42.3 Å². The molecule has 6 aliphatic rings. The van der Waals surface area contributed by atoms with Crippen molar-refractivity contribution in [3.05, 3.63) is 149 Å². The predicted molar refractivity (Wildman–Crippen MR) is 188 cm³/mol. The number of allylic oxidation sites excluding steroid dienone is 4. The van der Waals surface area contributed by atoms with Gasteiger partial charge in [-0.2, -0.15) is 0 Å². The summed E-state index contributed by atoms with van der Waals surface area (Å²) >= 11 is 0. The molecular formula is C41H32N6O. The second-order valence-electron chi connectivity index (χ2n) is 13.8. The predicted octanol–water partition coefficient (Wildman–Crippen LogP) is 7.15. The zero-order valence-electron chi connectivity index (χ0n) is 26.2. The first-order chi connectivity index (χ1) is 23.8. The number of piperazine rings is 1. The topological polar surface area (TPSA) is 70.3 Å². The summed E-state index contributed by atoms with van der Waals surface area (Å²) in [5.41, 5.74) is 16.0. The molecule has 3 aliphatic carbocycles. The molecule has 1 spiro atoms. The molecular weight excluding hydrogens is 592 g/mol. The van der Waals surface area contributed by atoms with Gasteiger partial charge in [0.1, 0.15) is 29.7 Å². The fourth-order valence-corrected chi connectivity index (χ4v) is 10.0. The highest BCUT2D eigenvalue weighted by atomic mass is 16.3. The Hall–Kier alpha value is -5.37. The minimum atomic E-state index is -0.294. The van der Waals surface area contributed by atoms with Gasteiger partial charge in [-0.3, -0.25) is 15.6 Å². The molecule has 3 aliphatic heterocycles. The van der Waals surface area contributed by atoms with E-state index in [-0.39, 0.29) is 23.9 Å². The molecule has 6 aromatic rings. The van der Waals surface area contributed by atoms with Crippen LogP contribution in [0.3, 0.4) is 0 Å². The van der Waals surface area contributed by atoms with Crippen molar-refractivity contribution in [1.29, 1.82) is 0 Å². The number of nitrogens with one attached hydrogen (secondary N) is 3. The van der Waals surface area contributed by atoms with Gasteiger partial charge in [0.05, 0.1) is 28.2 Å². The fraction of sp³-hybridized carbons (Fsp3) is 0.195. The van der Waals surface area contributed by atoms with Crippen LogP contribution in [0.15, 0.2) is 119 Å². The maximum absolute atomic E-state index is 6.30. The Labute approximate surface area is 277 Å². The molecule has 6 heterocycles. The van der Waals surface area contributed by atoms with Gasteiger partial charge in [-0.15, -0.1) is 0 Å². The number of nitrogens with zero attached hydrogens (tertiary/aromatic N) is 3. The molecule has 0 saturated carbocycles. The number of fused-ring (bicyclic) bond motifs is 19. The number of benzene rings is 3. The third kappa shape index (κ3) is 2.93. The first kappa shape index (κ1) is 25.7. The van der Waals surface area contributed by atoms with E-state index < -0.39 is 0 Å². The van der Waals surface area contributed by atoms with Gasteiger partial charge < -0.3 is 19.2 Å². The summed E-state index contributed by atoms with van der Waals surface area (Å²) in [6.45, 7) is 1.80. The molecule has 12 rings (SSSR count). The highest BCUT2D eigenvalue weighted by Crippen LogP contribution is 2.65. The highest BCUT2D eigenvalue weighted by Gasteiger charge is 2.57. The Kier molecular flexibility index (Phi) is 4.79. The van der Waals surface area contributed by atoms with E-state index in [1.165, 1.54) is 44.8 Å². The van der Waals surface area contributed by atoms with Crippen molar-refractivity contribution in [3.8, 4) is 11.1 Å². The molecule has 3 unspecified atom stereocenters. The number of para-hydroxylation sites is 1. The Morgan fingerprint density at radius 3 is 2.42 bits per heavy atom. The lowest BCUT2D eigenvalue weighted by Gasteiger charge is -2.49. The molecule has 7 nitrogen and oxygen atoms in total. The van der Waals surface area contributed by atoms with Crippen LogP contribution < -0.4 is 16.0 Å². The third-order valence-electron chi connectivity index (χ3n) is 11.8. The minimum absolute atomic E-state index is 0.0264.